The molecule has 0 aliphatic rings. The summed E-state index contributed by atoms with van der Waals surface area (Å²) in [5.74, 6) is 0.0181. The van der Waals surface area contributed by atoms with Gasteiger partial charge in [-0.1, -0.05) is 36.4 Å². The van der Waals surface area contributed by atoms with Crippen molar-refractivity contribution in [2.75, 3.05) is 13.1 Å². The van der Waals surface area contributed by atoms with Crippen molar-refractivity contribution in [2.45, 2.75) is 19.8 Å². The van der Waals surface area contributed by atoms with Gasteiger partial charge in [-0.3, -0.25) is 4.79 Å². The van der Waals surface area contributed by atoms with Crippen LogP contribution in [0.5, 0.6) is 0 Å². The molecule has 17 heavy (non-hydrogen) atoms. The number of carbonyl (C=O) groups is 1. The summed E-state index contributed by atoms with van der Waals surface area (Å²) in [4.78, 5) is 10.6. The zero-order chi connectivity index (χ0) is 12.5. The number of hydrogen-bond acceptors (Lipinski definition) is 2. The Labute approximate surface area is 103 Å². The third-order valence-electron chi connectivity index (χ3n) is 2.41. The summed E-state index contributed by atoms with van der Waals surface area (Å²) in [6.45, 7) is 2.91. The van der Waals surface area contributed by atoms with Gasteiger partial charge in [0.1, 0.15) is 0 Å². The molecule has 0 fully saturated rings. The highest BCUT2D eigenvalue weighted by atomic mass is 16.1. The van der Waals surface area contributed by atoms with Crippen molar-refractivity contribution >= 4 is 12.0 Å². The fourth-order valence-electron chi connectivity index (χ4n) is 1.51. The molecule has 92 valence electrons. The molecule has 0 aliphatic heterocycles. The Morgan fingerprint density at radius 2 is 2.06 bits per heavy atom. The number of benzene rings is 1. The van der Waals surface area contributed by atoms with Crippen LogP contribution in [0, 0.1) is 0 Å². The Morgan fingerprint density at radius 3 is 2.65 bits per heavy atom. The minimum atomic E-state index is 0.0181. The molecule has 0 saturated carbocycles. The SMILES string of the molecule is CC(=O)NCCC=Cc1ccc(CCN)cc1. The molecule has 0 aromatic heterocycles. The molecule has 0 unspecified atom stereocenters. The number of rotatable bonds is 6. The predicted molar refractivity (Wildman–Crippen MR) is 71.5 cm³/mol. The summed E-state index contributed by atoms with van der Waals surface area (Å²) in [7, 11) is 0. The average Bonchev–Trinajstić information content (AvgIpc) is 2.31. The fraction of sp³-hybridized carbons (Fsp3) is 0.357. The van der Waals surface area contributed by atoms with Crippen LogP contribution in [0.4, 0.5) is 0 Å². The normalized spacial score (nSPS) is 10.7. The first-order valence-corrected chi connectivity index (χ1v) is 5.92. The average molecular weight is 232 g/mol. The Balaban J connectivity index is 2.35. The van der Waals surface area contributed by atoms with Crippen molar-refractivity contribution in [1.82, 2.24) is 5.32 Å². The first kappa shape index (κ1) is 13.5. The molecule has 3 nitrogen and oxygen atoms in total. The van der Waals surface area contributed by atoms with Crippen LogP contribution >= 0.6 is 0 Å². The van der Waals surface area contributed by atoms with Crippen LogP contribution < -0.4 is 11.1 Å². The standard InChI is InChI=1S/C14H20N2O/c1-12(17)16-11-3-2-4-13-5-7-14(8-6-13)9-10-15/h2,4-8H,3,9-11,15H2,1H3,(H,16,17). The van der Waals surface area contributed by atoms with Crippen molar-refractivity contribution in [2.24, 2.45) is 5.73 Å². The van der Waals surface area contributed by atoms with Gasteiger partial charge in [0.15, 0.2) is 0 Å². The van der Waals surface area contributed by atoms with Gasteiger partial charge in [-0.05, 0) is 30.5 Å². The lowest BCUT2D eigenvalue weighted by Gasteiger charge is -1.99. The van der Waals surface area contributed by atoms with E-state index in [2.05, 4.69) is 41.7 Å². The molecule has 1 rings (SSSR count). The minimum absolute atomic E-state index is 0.0181. The molecular weight excluding hydrogens is 212 g/mol. The second-order valence-corrected chi connectivity index (χ2v) is 3.95. The summed E-state index contributed by atoms with van der Waals surface area (Å²) in [5, 5.41) is 2.75. The lowest BCUT2D eigenvalue weighted by atomic mass is 10.1. The summed E-state index contributed by atoms with van der Waals surface area (Å²) < 4.78 is 0. The van der Waals surface area contributed by atoms with Crippen molar-refractivity contribution in [3.63, 3.8) is 0 Å². The molecule has 0 saturated heterocycles. The molecule has 3 heteroatoms. The van der Waals surface area contributed by atoms with Crippen molar-refractivity contribution in [3.05, 3.63) is 41.5 Å². The number of nitrogens with two attached hydrogens (primary N) is 1. The smallest absolute Gasteiger partial charge is 0.216 e. The van der Waals surface area contributed by atoms with Crippen molar-refractivity contribution < 1.29 is 4.79 Å². The molecule has 0 bridgehead atoms. The van der Waals surface area contributed by atoms with Gasteiger partial charge in [-0.15, -0.1) is 0 Å². The van der Waals surface area contributed by atoms with Gasteiger partial charge in [0.25, 0.3) is 0 Å². The third kappa shape index (κ3) is 5.88. The fourth-order valence-corrected chi connectivity index (χ4v) is 1.51. The zero-order valence-corrected chi connectivity index (χ0v) is 10.3. The molecule has 1 aromatic carbocycles. The van der Waals surface area contributed by atoms with Crippen molar-refractivity contribution in [3.8, 4) is 0 Å². The van der Waals surface area contributed by atoms with E-state index < -0.39 is 0 Å². The molecular formula is C14H20N2O. The molecule has 0 atom stereocenters. The van der Waals surface area contributed by atoms with E-state index >= 15 is 0 Å². The Morgan fingerprint density at radius 1 is 1.35 bits per heavy atom. The molecule has 0 aliphatic carbocycles. The van der Waals surface area contributed by atoms with E-state index in [1.54, 1.807) is 0 Å². The second kappa shape index (κ2) is 7.63. The molecule has 3 N–H and O–H groups in total. The van der Waals surface area contributed by atoms with Gasteiger partial charge in [-0.25, -0.2) is 0 Å². The van der Waals surface area contributed by atoms with E-state index in [0.717, 1.165) is 12.8 Å². The Hall–Kier alpha value is -1.61. The molecule has 0 spiro atoms. The van der Waals surface area contributed by atoms with Crippen LogP contribution in [-0.4, -0.2) is 19.0 Å². The zero-order valence-electron chi connectivity index (χ0n) is 10.3. The number of carbonyl (C=O) groups excluding carboxylic acids is 1. The maximum atomic E-state index is 10.6. The molecule has 1 amide bonds. The van der Waals surface area contributed by atoms with Crippen LogP contribution in [0.25, 0.3) is 6.08 Å². The van der Waals surface area contributed by atoms with Gasteiger partial charge >= 0.3 is 0 Å². The van der Waals surface area contributed by atoms with E-state index in [1.165, 1.54) is 18.1 Å². The Bertz CT molecular complexity index is 368. The monoisotopic (exact) mass is 232 g/mol. The lowest BCUT2D eigenvalue weighted by molar-refractivity contribution is -0.118. The van der Waals surface area contributed by atoms with E-state index in [-0.39, 0.29) is 5.91 Å². The summed E-state index contributed by atoms with van der Waals surface area (Å²) in [6, 6.07) is 8.36. The van der Waals surface area contributed by atoms with E-state index in [9.17, 15) is 4.79 Å². The highest BCUT2D eigenvalue weighted by Crippen LogP contribution is 2.06. The van der Waals surface area contributed by atoms with Gasteiger partial charge in [0, 0.05) is 13.5 Å². The largest absolute Gasteiger partial charge is 0.356 e. The molecule has 0 heterocycles. The van der Waals surface area contributed by atoms with E-state index in [0.29, 0.717) is 13.1 Å². The maximum Gasteiger partial charge on any atom is 0.216 e. The quantitative estimate of drug-likeness (QED) is 0.734. The van der Waals surface area contributed by atoms with Gasteiger partial charge in [0.2, 0.25) is 5.91 Å². The van der Waals surface area contributed by atoms with Crippen LogP contribution in [0.1, 0.15) is 24.5 Å². The first-order valence-electron chi connectivity index (χ1n) is 5.92. The van der Waals surface area contributed by atoms with E-state index in [1.807, 2.05) is 0 Å². The van der Waals surface area contributed by atoms with Gasteiger partial charge < -0.3 is 11.1 Å². The van der Waals surface area contributed by atoms with Gasteiger partial charge in [0.05, 0.1) is 0 Å². The molecule has 0 radical (unpaired) electrons. The summed E-state index contributed by atoms with van der Waals surface area (Å²) in [5.41, 5.74) is 7.93. The van der Waals surface area contributed by atoms with E-state index in [4.69, 9.17) is 5.73 Å². The van der Waals surface area contributed by atoms with Crippen LogP contribution in [-0.2, 0) is 11.2 Å². The van der Waals surface area contributed by atoms with Crippen LogP contribution in [0.2, 0.25) is 0 Å². The highest BCUT2D eigenvalue weighted by Gasteiger charge is 1.91. The number of hydrogen-bond donors (Lipinski definition) is 2. The minimum Gasteiger partial charge on any atom is -0.356 e. The lowest BCUT2D eigenvalue weighted by Crippen LogP contribution is -2.20. The predicted octanol–water partition coefficient (Wildman–Crippen LogP) is 1.73. The first-order chi connectivity index (χ1) is 8.22. The second-order valence-electron chi connectivity index (χ2n) is 3.95. The molecule has 1 aromatic rings. The van der Waals surface area contributed by atoms with Gasteiger partial charge in [-0.2, -0.15) is 0 Å². The topological polar surface area (TPSA) is 55.1 Å². The number of nitrogens with one attached hydrogen (secondary N) is 1. The van der Waals surface area contributed by atoms with Crippen LogP contribution in [0.15, 0.2) is 30.3 Å². The number of amides is 1. The highest BCUT2D eigenvalue weighted by molar-refractivity contribution is 5.72. The summed E-state index contributed by atoms with van der Waals surface area (Å²) in [6.07, 6.45) is 5.90. The summed E-state index contributed by atoms with van der Waals surface area (Å²) >= 11 is 0. The van der Waals surface area contributed by atoms with Crippen LogP contribution in [0.3, 0.4) is 0 Å². The van der Waals surface area contributed by atoms with Crippen molar-refractivity contribution in [1.29, 1.82) is 0 Å². The third-order valence-corrected chi connectivity index (χ3v) is 2.41. The Kier molecular flexibility index (Phi) is 6.04. The maximum absolute atomic E-state index is 10.6.